The topological polar surface area (TPSA) is 49.3 Å². The van der Waals surface area contributed by atoms with Crippen LogP contribution in [0.4, 0.5) is 0 Å². The van der Waals surface area contributed by atoms with Crippen molar-refractivity contribution in [3.63, 3.8) is 0 Å². The molecule has 2 unspecified atom stereocenters. The van der Waals surface area contributed by atoms with Gasteiger partial charge in [0.15, 0.2) is 0 Å². The second kappa shape index (κ2) is 5.10. The average molecular weight is 251 g/mol. The molecule has 1 aromatic carbocycles. The van der Waals surface area contributed by atoms with Gasteiger partial charge >= 0.3 is 5.97 Å². The van der Waals surface area contributed by atoms with Gasteiger partial charge in [0.05, 0.1) is 0 Å². The number of thioether (sulfide) groups is 1. The maximum atomic E-state index is 11.0. The third-order valence-electron chi connectivity index (χ3n) is 3.07. The Kier molecular flexibility index (Phi) is 3.74. The largest absolute Gasteiger partial charge is 0.480 e. The van der Waals surface area contributed by atoms with Crippen molar-refractivity contribution in [2.24, 2.45) is 0 Å². The highest BCUT2D eigenvalue weighted by atomic mass is 32.2. The van der Waals surface area contributed by atoms with E-state index in [-0.39, 0.29) is 6.04 Å². The molecule has 2 atom stereocenters. The summed E-state index contributed by atoms with van der Waals surface area (Å²) in [5.74, 6) is 0.830. The second-order valence-electron chi connectivity index (χ2n) is 4.51. The smallest absolute Gasteiger partial charge is 0.321 e. The molecule has 0 bridgehead atoms. The SMILES string of the molecule is Cc1ccc(C2CSCC(C(=O)O)N2)c(C)c1. The van der Waals surface area contributed by atoms with E-state index in [0.29, 0.717) is 5.75 Å². The molecule has 0 aliphatic carbocycles. The van der Waals surface area contributed by atoms with E-state index in [9.17, 15) is 4.79 Å². The summed E-state index contributed by atoms with van der Waals surface area (Å²) in [6.45, 7) is 4.15. The van der Waals surface area contributed by atoms with Crippen LogP contribution in [0.2, 0.25) is 0 Å². The first-order chi connectivity index (χ1) is 8.08. The van der Waals surface area contributed by atoms with Crippen molar-refractivity contribution in [1.82, 2.24) is 5.32 Å². The minimum Gasteiger partial charge on any atom is -0.480 e. The van der Waals surface area contributed by atoms with E-state index in [2.05, 4.69) is 37.4 Å². The van der Waals surface area contributed by atoms with E-state index < -0.39 is 12.0 Å². The predicted octanol–water partition coefficient (Wildman–Crippen LogP) is 2.13. The molecule has 0 radical (unpaired) electrons. The lowest BCUT2D eigenvalue weighted by Crippen LogP contribution is -2.45. The Morgan fingerprint density at radius 1 is 1.41 bits per heavy atom. The van der Waals surface area contributed by atoms with E-state index in [0.717, 1.165) is 5.75 Å². The van der Waals surface area contributed by atoms with Gasteiger partial charge in [-0.1, -0.05) is 23.8 Å². The van der Waals surface area contributed by atoms with Crippen molar-refractivity contribution in [2.75, 3.05) is 11.5 Å². The zero-order chi connectivity index (χ0) is 12.4. The van der Waals surface area contributed by atoms with Crippen molar-refractivity contribution in [2.45, 2.75) is 25.9 Å². The zero-order valence-electron chi connectivity index (χ0n) is 10.1. The van der Waals surface area contributed by atoms with Crippen LogP contribution in [0.1, 0.15) is 22.7 Å². The Hall–Kier alpha value is -1.00. The standard InChI is InChI=1S/C13H17NO2S/c1-8-3-4-10(9(2)5-8)11-6-17-7-12(14-11)13(15)16/h3-5,11-12,14H,6-7H2,1-2H3,(H,15,16). The van der Waals surface area contributed by atoms with Crippen molar-refractivity contribution < 1.29 is 9.90 Å². The van der Waals surface area contributed by atoms with Gasteiger partial charge in [-0.2, -0.15) is 11.8 Å². The molecule has 1 saturated heterocycles. The Bertz CT molecular complexity index is 433. The molecule has 0 spiro atoms. The van der Waals surface area contributed by atoms with E-state index in [1.54, 1.807) is 11.8 Å². The molecule has 17 heavy (non-hydrogen) atoms. The van der Waals surface area contributed by atoms with Gasteiger partial charge in [0.1, 0.15) is 6.04 Å². The summed E-state index contributed by atoms with van der Waals surface area (Å²) in [7, 11) is 0. The number of aliphatic carboxylic acids is 1. The fourth-order valence-corrected chi connectivity index (χ4v) is 3.30. The molecule has 0 aromatic heterocycles. The van der Waals surface area contributed by atoms with Crippen LogP contribution in [0.25, 0.3) is 0 Å². The molecular weight excluding hydrogens is 234 g/mol. The van der Waals surface area contributed by atoms with Gasteiger partial charge in [-0.15, -0.1) is 0 Å². The van der Waals surface area contributed by atoms with Crippen LogP contribution in [0.15, 0.2) is 18.2 Å². The fourth-order valence-electron chi connectivity index (χ4n) is 2.18. The van der Waals surface area contributed by atoms with Crippen LogP contribution in [0.3, 0.4) is 0 Å². The van der Waals surface area contributed by atoms with Gasteiger partial charge in [0.2, 0.25) is 0 Å². The van der Waals surface area contributed by atoms with E-state index in [4.69, 9.17) is 5.11 Å². The van der Waals surface area contributed by atoms with Crippen LogP contribution in [0.5, 0.6) is 0 Å². The summed E-state index contributed by atoms with van der Waals surface area (Å²) >= 11 is 1.70. The maximum absolute atomic E-state index is 11.0. The summed E-state index contributed by atoms with van der Waals surface area (Å²) in [5, 5.41) is 12.2. The Balaban J connectivity index is 2.19. The van der Waals surface area contributed by atoms with E-state index >= 15 is 0 Å². The molecule has 92 valence electrons. The number of carboxylic acids is 1. The van der Waals surface area contributed by atoms with Crippen molar-refractivity contribution in [3.05, 3.63) is 34.9 Å². The number of nitrogens with one attached hydrogen (secondary N) is 1. The minimum atomic E-state index is -0.757. The van der Waals surface area contributed by atoms with Crippen LogP contribution in [0, 0.1) is 13.8 Å². The van der Waals surface area contributed by atoms with Gasteiger partial charge in [-0.3, -0.25) is 10.1 Å². The Morgan fingerprint density at radius 3 is 2.82 bits per heavy atom. The lowest BCUT2D eigenvalue weighted by Gasteiger charge is -2.29. The number of rotatable bonds is 2. The van der Waals surface area contributed by atoms with Gasteiger partial charge in [-0.05, 0) is 25.0 Å². The van der Waals surface area contributed by atoms with Crippen molar-refractivity contribution in [3.8, 4) is 0 Å². The monoisotopic (exact) mass is 251 g/mol. The molecule has 4 heteroatoms. The molecule has 2 rings (SSSR count). The first kappa shape index (κ1) is 12.5. The Labute approximate surface area is 106 Å². The fraction of sp³-hybridized carbons (Fsp3) is 0.462. The minimum absolute atomic E-state index is 0.149. The molecule has 0 saturated carbocycles. The van der Waals surface area contributed by atoms with Crippen LogP contribution in [-0.4, -0.2) is 28.6 Å². The normalized spacial score (nSPS) is 24.6. The molecule has 1 aromatic rings. The maximum Gasteiger partial charge on any atom is 0.321 e. The molecule has 1 fully saturated rings. The first-order valence-corrected chi connectivity index (χ1v) is 6.87. The predicted molar refractivity (Wildman–Crippen MR) is 70.5 cm³/mol. The highest BCUT2D eigenvalue weighted by Gasteiger charge is 2.27. The summed E-state index contributed by atoms with van der Waals surface area (Å²) in [4.78, 5) is 11.0. The molecule has 1 heterocycles. The molecule has 0 amide bonds. The molecule has 1 aliphatic rings. The number of carboxylic acid groups (broad SMARTS) is 1. The second-order valence-corrected chi connectivity index (χ2v) is 5.58. The van der Waals surface area contributed by atoms with Gasteiger partial charge < -0.3 is 5.11 Å². The van der Waals surface area contributed by atoms with Crippen LogP contribution < -0.4 is 5.32 Å². The summed E-state index contributed by atoms with van der Waals surface area (Å²) < 4.78 is 0. The van der Waals surface area contributed by atoms with Crippen molar-refractivity contribution in [1.29, 1.82) is 0 Å². The van der Waals surface area contributed by atoms with Crippen LogP contribution in [-0.2, 0) is 4.79 Å². The lowest BCUT2D eigenvalue weighted by atomic mass is 9.99. The number of hydrogen-bond donors (Lipinski definition) is 2. The van der Waals surface area contributed by atoms with Gasteiger partial charge in [0, 0.05) is 17.5 Å². The summed E-state index contributed by atoms with van der Waals surface area (Å²) in [5.41, 5.74) is 3.69. The number of carbonyl (C=O) groups is 1. The van der Waals surface area contributed by atoms with E-state index in [1.165, 1.54) is 16.7 Å². The number of benzene rings is 1. The summed E-state index contributed by atoms with van der Waals surface area (Å²) in [6.07, 6.45) is 0. The van der Waals surface area contributed by atoms with Crippen molar-refractivity contribution >= 4 is 17.7 Å². The zero-order valence-corrected chi connectivity index (χ0v) is 10.9. The molecule has 3 nitrogen and oxygen atoms in total. The van der Waals surface area contributed by atoms with Gasteiger partial charge in [0.25, 0.3) is 0 Å². The molecular formula is C13H17NO2S. The molecule has 1 aliphatic heterocycles. The number of hydrogen-bond acceptors (Lipinski definition) is 3. The quantitative estimate of drug-likeness (QED) is 0.845. The number of aryl methyl sites for hydroxylation is 2. The highest BCUT2D eigenvalue weighted by Crippen LogP contribution is 2.27. The average Bonchev–Trinajstić information content (AvgIpc) is 2.29. The summed E-state index contributed by atoms with van der Waals surface area (Å²) in [6, 6.07) is 6.05. The lowest BCUT2D eigenvalue weighted by molar-refractivity contribution is -0.139. The molecule has 2 N–H and O–H groups in total. The Morgan fingerprint density at radius 2 is 2.18 bits per heavy atom. The van der Waals surface area contributed by atoms with E-state index in [1.807, 2.05) is 0 Å². The van der Waals surface area contributed by atoms with Gasteiger partial charge in [-0.25, -0.2) is 0 Å². The third-order valence-corrected chi connectivity index (χ3v) is 4.21. The first-order valence-electron chi connectivity index (χ1n) is 5.71. The highest BCUT2D eigenvalue weighted by molar-refractivity contribution is 7.99. The third kappa shape index (κ3) is 2.82. The van der Waals surface area contributed by atoms with Crippen LogP contribution >= 0.6 is 11.8 Å².